The molecule has 0 fully saturated rings. The summed E-state index contributed by atoms with van der Waals surface area (Å²) in [5.74, 6) is -0.457. The Labute approximate surface area is 133 Å². The van der Waals surface area contributed by atoms with Gasteiger partial charge in [-0.2, -0.15) is 0 Å². The minimum absolute atomic E-state index is 0.0874. The van der Waals surface area contributed by atoms with E-state index in [0.29, 0.717) is 12.4 Å². The quantitative estimate of drug-likeness (QED) is 0.848. The van der Waals surface area contributed by atoms with Gasteiger partial charge in [0.25, 0.3) is 0 Å². The number of carboxylic acid groups (broad SMARTS) is 1. The highest BCUT2D eigenvalue weighted by Gasteiger charge is 2.11. The van der Waals surface area contributed by atoms with Crippen LogP contribution in [0.3, 0.4) is 0 Å². The van der Waals surface area contributed by atoms with Gasteiger partial charge in [-0.1, -0.05) is 18.2 Å². The molecule has 2 N–H and O–H groups in total. The summed E-state index contributed by atoms with van der Waals surface area (Å²) in [7, 11) is 3.10. The Balaban J connectivity index is 2.09. The van der Waals surface area contributed by atoms with Gasteiger partial charge in [-0.25, -0.2) is 9.78 Å². The molecule has 0 saturated carbocycles. The Morgan fingerprint density at radius 2 is 2.09 bits per heavy atom. The monoisotopic (exact) mass is 317 g/mol. The predicted molar refractivity (Wildman–Crippen MR) is 85.4 cm³/mol. The third kappa shape index (κ3) is 4.32. The van der Waals surface area contributed by atoms with Gasteiger partial charge < -0.3 is 20.1 Å². The fraction of sp³-hybridized carbons (Fsp3) is 0.312. The zero-order valence-electron chi connectivity index (χ0n) is 13.1. The first-order valence-electron chi connectivity index (χ1n) is 7.14. The molecule has 7 nitrogen and oxygen atoms in total. The molecule has 2 amide bonds. The molecule has 1 aromatic carbocycles. The van der Waals surface area contributed by atoms with Crippen LogP contribution in [0.5, 0.6) is 5.88 Å². The molecule has 2 rings (SSSR count). The van der Waals surface area contributed by atoms with Crippen LogP contribution in [0.25, 0.3) is 10.9 Å². The van der Waals surface area contributed by atoms with Crippen molar-refractivity contribution in [2.75, 3.05) is 20.7 Å². The van der Waals surface area contributed by atoms with Crippen molar-refractivity contribution in [1.82, 2.24) is 15.2 Å². The summed E-state index contributed by atoms with van der Waals surface area (Å²) in [6.07, 6.45) is -0.0874. The average Bonchev–Trinajstić information content (AvgIpc) is 2.56. The molecule has 0 aliphatic rings. The van der Waals surface area contributed by atoms with E-state index in [1.807, 2.05) is 24.3 Å². The van der Waals surface area contributed by atoms with Crippen LogP contribution in [0.15, 0.2) is 30.3 Å². The molecule has 0 unspecified atom stereocenters. The number of methoxy groups -OCH3 is 1. The lowest BCUT2D eigenvalue weighted by molar-refractivity contribution is -0.137. The molecule has 0 spiro atoms. The Kier molecular flexibility index (Phi) is 5.35. The van der Waals surface area contributed by atoms with Crippen LogP contribution in [0.1, 0.15) is 12.0 Å². The van der Waals surface area contributed by atoms with Gasteiger partial charge in [-0.3, -0.25) is 4.79 Å². The Morgan fingerprint density at radius 3 is 2.78 bits per heavy atom. The zero-order chi connectivity index (χ0) is 16.8. The fourth-order valence-electron chi connectivity index (χ4n) is 2.14. The van der Waals surface area contributed by atoms with E-state index in [-0.39, 0.29) is 19.0 Å². The normalized spacial score (nSPS) is 10.3. The fourth-order valence-corrected chi connectivity index (χ4v) is 2.14. The molecule has 23 heavy (non-hydrogen) atoms. The predicted octanol–water partition coefficient (Wildman–Crippen LogP) is 1.86. The number of carbonyl (C=O) groups excluding carboxylic acids is 1. The van der Waals surface area contributed by atoms with Gasteiger partial charge in [-0.05, 0) is 11.6 Å². The number of amides is 2. The molecule has 0 saturated heterocycles. The summed E-state index contributed by atoms with van der Waals surface area (Å²) < 4.78 is 5.18. The van der Waals surface area contributed by atoms with E-state index in [4.69, 9.17) is 9.84 Å². The first-order valence-corrected chi connectivity index (χ1v) is 7.14. The van der Waals surface area contributed by atoms with Gasteiger partial charge in [0.1, 0.15) is 0 Å². The second-order valence-electron chi connectivity index (χ2n) is 5.06. The molecule has 0 aliphatic heterocycles. The molecular weight excluding hydrogens is 298 g/mol. The van der Waals surface area contributed by atoms with E-state index in [0.717, 1.165) is 16.5 Å². The summed E-state index contributed by atoms with van der Waals surface area (Å²) >= 11 is 0. The van der Waals surface area contributed by atoms with Crippen LogP contribution in [-0.2, 0) is 11.3 Å². The number of aliphatic carboxylic acids is 1. The average molecular weight is 317 g/mol. The molecule has 7 heteroatoms. The van der Waals surface area contributed by atoms with Gasteiger partial charge in [0.15, 0.2) is 0 Å². The number of urea groups is 1. The summed E-state index contributed by atoms with van der Waals surface area (Å²) in [6.45, 7) is 0.456. The van der Waals surface area contributed by atoms with Crippen LogP contribution in [0.2, 0.25) is 0 Å². The van der Waals surface area contributed by atoms with Gasteiger partial charge >= 0.3 is 12.0 Å². The number of rotatable bonds is 6. The van der Waals surface area contributed by atoms with Gasteiger partial charge in [0, 0.05) is 31.6 Å². The van der Waals surface area contributed by atoms with E-state index in [1.165, 1.54) is 4.90 Å². The molecule has 122 valence electrons. The smallest absolute Gasteiger partial charge is 0.317 e. The first-order chi connectivity index (χ1) is 11.0. The van der Waals surface area contributed by atoms with Crippen molar-refractivity contribution in [3.05, 3.63) is 35.9 Å². The number of para-hydroxylation sites is 1. The topological polar surface area (TPSA) is 91.8 Å². The zero-order valence-corrected chi connectivity index (χ0v) is 13.1. The third-order valence-corrected chi connectivity index (χ3v) is 3.43. The van der Waals surface area contributed by atoms with Crippen LogP contribution < -0.4 is 10.1 Å². The van der Waals surface area contributed by atoms with Gasteiger partial charge in [-0.15, -0.1) is 0 Å². The Morgan fingerprint density at radius 1 is 1.35 bits per heavy atom. The molecule has 0 radical (unpaired) electrons. The Hall–Kier alpha value is -2.83. The summed E-state index contributed by atoms with van der Waals surface area (Å²) in [6, 6.07) is 9.04. The molecule has 1 heterocycles. The number of pyridine rings is 1. The maximum absolute atomic E-state index is 12.0. The largest absolute Gasteiger partial charge is 0.481 e. The maximum Gasteiger partial charge on any atom is 0.317 e. The highest BCUT2D eigenvalue weighted by molar-refractivity contribution is 5.83. The van der Waals surface area contributed by atoms with E-state index in [2.05, 4.69) is 10.3 Å². The lowest BCUT2D eigenvalue weighted by atomic mass is 10.1. The number of fused-ring (bicyclic) bond motifs is 1. The number of benzene rings is 1. The lowest BCUT2D eigenvalue weighted by Gasteiger charge is -2.17. The molecule has 0 bridgehead atoms. The summed E-state index contributed by atoms with van der Waals surface area (Å²) in [5.41, 5.74) is 1.67. The number of carboxylic acids is 1. The number of hydrogen-bond acceptors (Lipinski definition) is 4. The van der Waals surface area contributed by atoms with E-state index in [1.54, 1.807) is 20.2 Å². The lowest BCUT2D eigenvalue weighted by Crippen LogP contribution is -2.38. The number of carbonyl (C=O) groups is 2. The van der Waals surface area contributed by atoms with Crippen molar-refractivity contribution >= 4 is 22.9 Å². The minimum atomic E-state index is -0.936. The molecule has 1 aromatic heterocycles. The summed E-state index contributed by atoms with van der Waals surface area (Å²) in [4.78, 5) is 28.2. The number of hydrogen-bond donors (Lipinski definition) is 2. The minimum Gasteiger partial charge on any atom is -0.481 e. The van der Waals surface area contributed by atoms with Crippen molar-refractivity contribution in [3.8, 4) is 5.88 Å². The van der Waals surface area contributed by atoms with E-state index >= 15 is 0 Å². The standard InChI is InChI=1S/C16H19N3O4/c1-19(8-7-15(20)21)16(22)17-10-11-9-14(23-2)18-13-6-4-3-5-12(11)13/h3-6,9H,7-8,10H2,1-2H3,(H,17,22)(H,20,21). The van der Waals surface area contributed by atoms with E-state index < -0.39 is 5.97 Å². The van der Waals surface area contributed by atoms with Crippen LogP contribution in [0, 0.1) is 0 Å². The van der Waals surface area contributed by atoms with Crippen LogP contribution in [-0.4, -0.2) is 47.7 Å². The van der Waals surface area contributed by atoms with Gasteiger partial charge in [0.05, 0.1) is 19.0 Å². The second kappa shape index (κ2) is 7.44. The molecule has 0 atom stereocenters. The van der Waals surface area contributed by atoms with Crippen LogP contribution >= 0.6 is 0 Å². The summed E-state index contributed by atoms with van der Waals surface area (Å²) in [5, 5.41) is 12.4. The molecular formula is C16H19N3O4. The SMILES string of the molecule is COc1cc(CNC(=O)N(C)CCC(=O)O)c2ccccc2n1. The Bertz CT molecular complexity index is 718. The highest BCUT2D eigenvalue weighted by atomic mass is 16.5. The number of aromatic nitrogens is 1. The molecule has 0 aliphatic carbocycles. The first kappa shape index (κ1) is 16.5. The van der Waals surface area contributed by atoms with Crippen molar-refractivity contribution in [1.29, 1.82) is 0 Å². The number of nitrogens with one attached hydrogen (secondary N) is 1. The maximum atomic E-state index is 12.0. The van der Waals surface area contributed by atoms with Crippen molar-refractivity contribution in [2.24, 2.45) is 0 Å². The van der Waals surface area contributed by atoms with Gasteiger partial charge in [0.2, 0.25) is 5.88 Å². The van der Waals surface area contributed by atoms with Crippen LogP contribution in [0.4, 0.5) is 4.79 Å². The third-order valence-electron chi connectivity index (χ3n) is 3.43. The number of nitrogens with zero attached hydrogens (tertiary/aromatic N) is 2. The van der Waals surface area contributed by atoms with Crippen molar-refractivity contribution in [2.45, 2.75) is 13.0 Å². The van der Waals surface area contributed by atoms with Crippen molar-refractivity contribution < 1.29 is 19.4 Å². The number of ether oxygens (including phenoxy) is 1. The van der Waals surface area contributed by atoms with E-state index in [9.17, 15) is 9.59 Å². The molecule has 2 aromatic rings. The second-order valence-corrected chi connectivity index (χ2v) is 5.06. The highest BCUT2D eigenvalue weighted by Crippen LogP contribution is 2.21. The van der Waals surface area contributed by atoms with Crippen molar-refractivity contribution in [3.63, 3.8) is 0 Å².